The minimum absolute atomic E-state index is 0.0287. The van der Waals surface area contributed by atoms with Gasteiger partial charge in [-0.2, -0.15) is 0 Å². The summed E-state index contributed by atoms with van der Waals surface area (Å²) in [5, 5.41) is 0. The fourth-order valence-electron chi connectivity index (χ4n) is 1.20. The summed E-state index contributed by atoms with van der Waals surface area (Å²) in [6.45, 7) is -2.59. The van der Waals surface area contributed by atoms with Crippen molar-refractivity contribution in [1.29, 1.82) is 0 Å². The molecule has 0 bridgehead atoms. The number of esters is 3. The molecule has 1 rings (SSSR count). The van der Waals surface area contributed by atoms with E-state index in [0.29, 0.717) is 0 Å². The minimum Gasteiger partial charge on any atom is -0.466 e. The number of ether oxygens (including phenoxy) is 3. The number of carbonyl (C=O) groups is 3. The summed E-state index contributed by atoms with van der Waals surface area (Å²) in [6.07, 6.45) is -3.86. The van der Waals surface area contributed by atoms with Crippen molar-refractivity contribution in [2.45, 2.75) is 26.3 Å². The van der Waals surface area contributed by atoms with Crippen LogP contribution in [0.25, 0.3) is 0 Å². The van der Waals surface area contributed by atoms with E-state index in [0.717, 1.165) is 12.5 Å². The Bertz CT molecular complexity index is 618. The maximum atomic E-state index is 11.7. The number of carbonyl (C=O) groups excluding carboxylic acids is 3. The Hall–Kier alpha value is -2.37. The van der Waals surface area contributed by atoms with Gasteiger partial charge in [-0.3, -0.25) is 9.59 Å². The number of hydrogen-bond acceptors (Lipinski definition) is 6. The Morgan fingerprint density at radius 1 is 1.05 bits per heavy atom. The number of hydrogen-bond donors (Lipinski definition) is 0. The quantitative estimate of drug-likeness (QED) is 0.536. The molecule has 0 N–H and O–H groups in total. The van der Waals surface area contributed by atoms with Crippen LogP contribution in [0, 0.1) is 0 Å². The molecule has 6 heteroatoms. The molecule has 1 aromatic carbocycles. The summed E-state index contributed by atoms with van der Waals surface area (Å²) < 4.78 is 43.4. The molecule has 0 spiro atoms. The van der Waals surface area contributed by atoms with Crippen molar-refractivity contribution in [2.24, 2.45) is 0 Å². The summed E-state index contributed by atoms with van der Waals surface area (Å²) in [6, 6.07) is 8.78. The molecule has 0 radical (unpaired) electrons. The van der Waals surface area contributed by atoms with Crippen molar-refractivity contribution in [3.8, 4) is 0 Å². The molecular weight excluding hydrogens is 276 g/mol. The van der Waals surface area contributed by atoms with E-state index in [9.17, 15) is 14.4 Å². The van der Waals surface area contributed by atoms with Gasteiger partial charge in [0.1, 0.15) is 6.61 Å². The lowest BCUT2D eigenvalue weighted by molar-refractivity contribution is -0.159. The van der Waals surface area contributed by atoms with Crippen LogP contribution in [0.5, 0.6) is 0 Å². The van der Waals surface area contributed by atoms with Crippen LogP contribution in [-0.4, -0.2) is 31.1 Å². The van der Waals surface area contributed by atoms with E-state index in [1.54, 1.807) is 30.3 Å². The maximum absolute atomic E-state index is 11.7. The van der Waals surface area contributed by atoms with Crippen LogP contribution in [-0.2, 0) is 35.2 Å². The SMILES string of the molecule is [2H]C([2H])(CC([2H])([2H])C(=O)OCC(=O)OCc1ccccc1)OC(C)=O. The third-order valence-electron chi connectivity index (χ3n) is 2.08. The van der Waals surface area contributed by atoms with E-state index in [4.69, 9.17) is 10.2 Å². The Morgan fingerprint density at radius 2 is 1.76 bits per heavy atom. The molecule has 21 heavy (non-hydrogen) atoms. The van der Waals surface area contributed by atoms with Gasteiger partial charge in [0.25, 0.3) is 0 Å². The highest BCUT2D eigenvalue weighted by atomic mass is 16.6. The van der Waals surface area contributed by atoms with Gasteiger partial charge in [-0.1, -0.05) is 30.3 Å². The molecule has 0 fully saturated rings. The molecule has 1 aromatic rings. The molecule has 114 valence electrons. The molecule has 0 aliphatic rings. The molecule has 0 saturated carbocycles. The lowest BCUT2D eigenvalue weighted by atomic mass is 10.2. The first-order valence-electron chi connectivity index (χ1n) is 8.08. The topological polar surface area (TPSA) is 78.9 Å². The van der Waals surface area contributed by atoms with E-state index in [2.05, 4.69) is 9.47 Å². The van der Waals surface area contributed by atoms with Gasteiger partial charge in [-0.15, -0.1) is 0 Å². The maximum Gasteiger partial charge on any atom is 0.344 e. The van der Waals surface area contributed by atoms with Crippen LogP contribution in [0.2, 0.25) is 0 Å². The highest BCUT2D eigenvalue weighted by Crippen LogP contribution is 2.01. The first-order chi connectivity index (χ1) is 11.5. The minimum atomic E-state index is -2.79. The predicted molar refractivity (Wildman–Crippen MR) is 73.1 cm³/mol. The molecule has 0 aromatic heterocycles. The van der Waals surface area contributed by atoms with Crippen molar-refractivity contribution in [3.63, 3.8) is 0 Å². The third-order valence-corrected chi connectivity index (χ3v) is 2.08. The van der Waals surface area contributed by atoms with E-state index in [1.807, 2.05) is 0 Å². The zero-order chi connectivity index (χ0) is 19.1. The van der Waals surface area contributed by atoms with Crippen LogP contribution < -0.4 is 0 Å². The zero-order valence-electron chi connectivity index (χ0n) is 15.5. The van der Waals surface area contributed by atoms with Gasteiger partial charge in [0, 0.05) is 16.0 Å². The summed E-state index contributed by atoms with van der Waals surface area (Å²) in [5.41, 5.74) is 0.729. The second-order valence-electron chi connectivity index (χ2n) is 3.81. The van der Waals surface area contributed by atoms with Gasteiger partial charge >= 0.3 is 17.9 Å². The first kappa shape index (κ1) is 11.3. The monoisotopic (exact) mass is 298 g/mol. The molecule has 0 saturated heterocycles. The van der Waals surface area contributed by atoms with E-state index in [1.165, 1.54) is 0 Å². The summed E-state index contributed by atoms with van der Waals surface area (Å²) in [4.78, 5) is 34.0. The summed E-state index contributed by atoms with van der Waals surface area (Å²) in [7, 11) is 0. The van der Waals surface area contributed by atoms with E-state index in [-0.39, 0.29) is 6.61 Å². The Labute approximate surface area is 128 Å². The largest absolute Gasteiger partial charge is 0.466 e. The lowest BCUT2D eigenvalue weighted by Crippen LogP contribution is -2.16. The second kappa shape index (κ2) is 9.52. The smallest absolute Gasteiger partial charge is 0.344 e. The third kappa shape index (κ3) is 8.41. The van der Waals surface area contributed by atoms with Crippen LogP contribution >= 0.6 is 0 Å². The van der Waals surface area contributed by atoms with Crippen molar-refractivity contribution < 1.29 is 34.1 Å². The van der Waals surface area contributed by atoms with E-state index >= 15 is 0 Å². The Balaban J connectivity index is 2.45. The van der Waals surface area contributed by atoms with Gasteiger partial charge in [0.05, 0.1) is 9.30 Å². The standard InChI is InChI=1S/C15H18O6/c1-12(16)19-9-5-8-14(17)21-11-15(18)20-10-13-6-3-2-4-7-13/h2-4,6-7H,5,8-11H2,1H3/i8D2,9D2. The molecule has 0 unspecified atom stereocenters. The zero-order valence-corrected chi connectivity index (χ0v) is 11.5. The van der Waals surface area contributed by atoms with Crippen LogP contribution in [0.1, 0.15) is 30.8 Å². The molecule has 0 aliphatic heterocycles. The fourth-order valence-corrected chi connectivity index (χ4v) is 1.20. The molecule has 6 nitrogen and oxygen atoms in total. The van der Waals surface area contributed by atoms with Crippen LogP contribution in [0.3, 0.4) is 0 Å². The molecule has 0 aliphatic carbocycles. The Kier molecular flexibility index (Phi) is 5.13. The van der Waals surface area contributed by atoms with Crippen molar-refractivity contribution >= 4 is 17.9 Å². The average Bonchev–Trinajstić information content (AvgIpc) is 2.49. The molecule has 0 atom stereocenters. The van der Waals surface area contributed by atoms with Gasteiger partial charge in [0.2, 0.25) is 0 Å². The number of benzene rings is 1. The highest BCUT2D eigenvalue weighted by molar-refractivity contribution is 5.76. The van der Waals surface area contributed by atoms with Crippen molar-refractivity contribution in [1.82, 2.24) is 0 Å². The van der Waals surface area contributed by atoms with Crippen molar-refractivity contribution in [3.05, 3.63) is 35.9 Å². The van der Waals surface area contributed by atoms with Gasteiger partial charge in [-0.25, -0.2) is 4.79 Å². The normalized spacial score (nSPS) is 14.0. The number of rotatable bonds is 8. The van der Waals surface area contributed by atoms with Gasteiger partial charge < -0.3 is 14.2 Å². The lowest BCUT2D eigenvalue weighted by Gasteiger charge is -2.06. The predicted octanol–water partition coefficient (Wildman–Crippen LogP) is 1.62. The van der Waals surface area contributed by atoms with Crippen LogP contribution in [0.15, 0.2) is 30.3 Å². The first-order valence-corrected chi connectivity index (χ1v) is 6.08. The van der Waals surface area contributed by atoms with E-state index < -0.39 is 43.9 Å². The Morgan fingerprint density at radius 3 is 2.43 bits per heavy atom. The molecule has 0 heterocycles. The average molecular weight is 298 g/mol. The molecule has 0 amide bonds. The second-order valence-corrected chi connectivity index (χ2v) is 3.81. The van der Waals surface area contributed by atoms with Crippen LogP contribution in [0.4, 0.5) is 0 Å². The van der Waals surface area contributed by atoms with Gasteiger partial charge in [-0.05, 0) is 12.0 Å². The summed E-state index contributed by atoms with van der Waals surface area (Å²) in [5.74, 6) is -3.30. The van der Waals surface area contributed by atoms with Crippen molar-refractivity contribution in [2.75, 3.05) is 13.2 Å². The molecular formula is C15H18O6. The van der Waals surface area contributed by atoms with Gasteiger partial charge in [0.15, 0.2) is 6.61 Å². The fraction of sp³-hybridized carbons (Fsp3) is 0.400. The summed E-state index contributed by atoms with van der Waals surface area (Å²) >= 11 is 0. The highest BCUT2D eigenvalue weighted by Gasteiger charge is 2.09.